The number of anilines is 1. The van der Waals surface area contributed by atoms with Crippen LogP contribution in [-0.2, 0) is 0 Å². The highest BCUT2D eigenvalue weighted by molar-refractivity contribution is 5.84. The molecule has 1 aromatic carbocycles. The van der Waals surface area contributed by atoms with Gasteiger partial charge in [-0.05, 0) is 32.9 Å². The van der Waals surface area contributed by atoms with Crippen molar-refractivity contribution in [3.05, 3.63) is 28.3 Å². The number of aromatic nitrogens is 1. The van der Waals surface area contributed by atoms with Crippen molar-refractivity contribution in [2.45, 2.75) is 31.8 Å². The molecule has 0 radical (unpaired) electrons. The number of rotatable bonds is 3. The van der Waals surface area contributed by atoms with Crippen LogP contribution in [0.25, 0.3) is 11.1 Å². The van der Waals surface area contributed by atoms with Gasteiger partial charge >= 0.3 is 0 Å². The van der Waals surface area contributed by atoms with Crippen molar-refractivity contribution in [3.63, 3.8) is 0 Å². The Balaban J connectivity index is 1.82. The fraction of sp³-hybridized carbons (Fsp3) is 0.500. The summed E-state index contributed by atoms with van der Waals surface area (Å²) in [5, 5.41) is 14.3. The molecule has 2 heterocycles. The monoisotopic (exact) mass is 290 g/mol. The molecular formula is C14H18N4O3. The van der Waals surface area contributed by atoms with Gasteiger partial charge in [-0.3, -0.25) is 10.1 Å². The molecule has 7 heteroatoms. The van der Waals surface area contributed by atoms with Crippen LogP contribution in [0.2, 0.25) is 0 Å². The Morgan fingerprint density at radius 2 is 2.33 bits per heavy atom. The molecule has 2 unspecified atom stereocenters. The highest BCUT2D eigenvalue weighted by Gasteiger charge is 2.24. The average molecular weight is 290 g/mol. The Hall–Kier alpha value is -2.15. The largest absolute Gasteiger partial charge is 0.423 e. The Kier molecular flexibility index (Phi) is 3.50. The maximum Gasteiger partial charge on any atom is 0.298 e. The molecule has 0 aliphatic carbocycles. The summed E-state index contributed by atoms with van der Waals surface area (Å²) >= 11 is 0. The van der Waals surface area contributed by atoms with E-state index in [1.165, 1.54) is 6.07 Å². The van der Waals surface area contributed by atoms with E-state index in [0.717, 1.165) is 19.4 Å². The Labute approximate surface area is 122 Å². The summed E-state index contributed by atoms with van der Waals surface area (Å²) < 4.78 is 5.58. The minimum atomic E-state index is -0.438. The lowest BCUT2D eigenvalue weighted by molar-refractivity contribution is -0.383. The molecule has 21 heavy (non-hydrogen) atoms. The standard InChI is InChI=1S/C14H18N4O3/c1-9-8-10(6-7-17(9)2)15-14-16-13-11(18(19)20)4-3-5-12(13)21-14/h3-5,9-10H,6-8H2,1-2H3,(H,15,16). The van der Waals surface area contributed by atoms with Gasteiger partial charge < -0.3 is 14.6 Å². The van der Waals surface area contributed by atoms with Crippen LogP contribution in [0.4, 0.5) is 11.7 Å². The van der Waals surface area contributed by atoms with E-state index in [0.29, 0.717) is 23.2 Å². The summed E-state index contributed by atoms with van der Waals surface area (Å²) in [4.78, 5) is 17.1. The van der Waals surface area contributed by atoms with Crippen molar-refractivity contribution >= 4 is 22.8 Å². The smallest absolute Gasteiger partial charge is 0.298 e. The molecule has 0 amide bonds. The molecule has 1 aromatic heterocycles. The Morgan fingerprint density at radius 3 is 3.05 bits per heavy atom. The zero-order chi connectivity index (χ0) is 15.0. The van der Waals surface area contributed by atoms with E-state index in [1.54, 1.807) is 12.1 Å². The second-order valence-electron chi connectivity index (χ2n) is 5.60. The van der Waals surface area contributed by atoms with Crippen LogP contribution in [0.5, 0.6) is 0 Å². The molecule has 1 aliphatic rings. The predicted molar refractivity (Wildman–Crippen MR) is 79.4 cm³/mol. The third kappa shape index (κ3) is 2.69. The number of oxazole rings is 1. The molecule has 1 fully saturated rings. The zero-order valence-electron chi connectivity index (χ0n) is 12.1. The second-order valence-corrected chi connectivity index (χ2v) is 5.60. The van der Waals surface area contributed by atoms with Crippen LogP contribution in [0, 0.1) is 10.1 Å². The van der Waals surface area contributed by atoms with Gasteiger partial charge in [0.1, 0.15) is 0 Å². The van der Waals surface area contributed by atoms with E-state index in [1.807, 2.05) is 0 Å². The number of likely N-dealkylation sites (tertiary alicyclic amines) is 1. The van der Waals surface area contributed by atoms with Crippen LogP contribution in [-0.4, -0.2) is 40.5 Å². The van der Waals surface area contributed by atoms with E-state index in [9.17, 15) is 10.1 Å². The van der Waals surface area contributed by atoms with Crippen LogP contribution in [0.1, 0.15) is 19.8 Å². The van der Waals surface area contributed by atoms with Crippen LogP contribution in [0.3, 0.4) is 0 Å². The van der Waals surface area contributed by atoms with Crippen molar-refractivity contribution in [3.8, 4) is 0 Å². The normalized spacial score (nSPS) is 23.3. The highest BCUT2D eigenvalue weighted by atomic mass is 16.6. The number of nitrogens with one attached hydrogen (secondary N) is 1. The molecule has 1 saturated heterocycles. The zero-order valence-corrected chi connectivity index (χ0v) is 12.1. The van der Waals surface area contributed by atoms with Crippen molar-refractivity contribution < 1.29 is 9.34 Å². The highest BCUT2D eigenvalue weighted by Crippen LogP contribution is 2.28. The molecule has 112 valence electrons. The van der Waals surface area contributed by atoms with Crippen LogP contribution >= 0.6 is 0 Å². The minimum Gasteiger partial charge on any atom is -0.423 e. The van der Waals surface area contributed by atoms with Gasteiger partial charge in [0.05, 0.1) is 4.92 Å². The lowest BCUT2D eigenvalue weighted by Gasteiger charge is -2.34. The van der Waals surface area contributed by atoms with Gasteiger partial charge in [-0.15, -0.1) is 0 Å². The topological polar surface area (TPSA) is 84.4 Å². The van der Waals surface area contributed by atoms with Gasteiger partial charge in [0.25, 0.3) is 11.7 Å². The summed E-state index contributed by atoms with van der Waals surface area (Å²) in [6.07, 6.45) is 2.00. The number of nitro benzene ring substituents is 1. The summed E-state index contributed by atoms with van der Waals surface area (Å²) in [6, 6.07) is 5.87. The average Bonchev–Trinajstić information content (AvgIpc) is 2.84. The number of hydrogen-bond acceptors (Lipinski definition) is 6. The lowest BCUT2D eigenvalue weighted by atomic mass is 9.99. The first-order valence-electron chi connectivity index (χ1n) is 7.05. The number of benzene rings is 1. The number of nitrogens with zero attached hydrogens (tertiary/aromatic N) is 3. The molecule has 0 saturated carbocycles. The predicted octanol–water partition coefficient (Wildman–Crippen LogP) is 2.63. The van der Waals surface area contributed by atoms with Crippen molar-refractivity contribution in [2.24, 2.45) is 0 Å². The number of hydrogen-bond donors (Lipinski definition) is 1. The fourth-order valence-corrected chi connectivity index (χ4v) is 2.74. The number of fused-ring (bicyclic) bond motifs is 1. The first-order valence-corrected chi connectivity index (χ1v) is 7.05. The molecule has 3 rings (SSSR count). The third-order valence-electron chi connectivity index (χ3n) is 4.13. The van der Waals surface area contributed by atoms with E-state index in [4.69, 9.17) is 4.42 Å². The minimum absolute atomic E-state index is 0.0268. The number of non-ortho nitro benzene ring substituents is 1. The van der Waals surface area contributed by atoms with Gasteiger partial charge in [0.2, 0.25) is 0 Å². The van der Waals surface area contributed by atoms with Crippen molar-refractivity contribution in [1.29, 1.82) is 0 Å². The van der Waals surface area contributed by atoms with Crippen molar-refractivity contribution in [1.82, 2.24) is 9.88 Å². The molecule has 1 aliphatic heterocycles. The maximum absolute atomic E-state index is 11.0. The molecular weight excluding hydrogens is 272 g/mol. The first kappa shape index (κ1) is 13.8. The number of para-hydroxylation sites is 1. The first-order chi connectivity index (χ1) is 10.0. The lowest BCUT2D eigenvalue weighted by Crippen LogP contribution is -2.42. The summed E-state index contributed by atoms with van der Waals surface area (Å²) in [5.41, 5.74) is 0.708. The van der Waals surface area contributed by atoms with E-state index < -0.39 is 4.92 Å². The Morgan fingerprint density at radius 1 is 1.52 bits per heavy atom. The third-order valence-corrected chi connectivity index (χ3v) is 4.13. The van der Waals surface area contributed by atoms with E-state index >= 15 is 0 Å². The van der Waals surface area contributed by atoms with Gasteiger partial charge in [0, 0.05) is 24.7 Å². The molecule has 0 bridgehead atoms. The number of piperidine rings is 1. The van der Waals surface area contributed by atoms with Gasteiger partial charge in [0.15, 0.2) is 11.1 Å². The van der Waals surface area contributed by atoms with Crippen molar-refractivity contribution in [2.75, 3.05) is 18.9 Å². The Bertz CT molecular complexity index is 669. The van der Waals surface area contributed by atoms with Gasteiger partial charge in [-0.2, -0.15) is 4.98 Å². The molecule has 7 nitrogen and oxygen atoms in total. The van der Waals surface area contributed by atoms with E-state index in [-0.39, 0.29) is 11.7 Å². The molecule has 2 atom stereocenters. The van der Waals surface area contributed by atoms with Crippen LogP contribution < -0.4 is 5.32 Å². The summed E-state index contributed by atoms with van der Waals surface area (Å²) in [5.74, 6) is 0. The molecule has 0 spiro atoms. The second kappa shape index (κ2) is 5.33. The van der Waals surface area contributed by atoms with Gasteiger partial charge in [-0.25, -0.2) is 0 Å². The van der Waals surface area contributed by atoms with Crippen LogP contribution in [0.15, 0.2) is 22.6 Å². The SMILES string of the molecule is CC1CC(Nc2nc3c([N+](=O)[O-])cccc3o2)CCN1C. The quantitative estimate of drug-likeness (QED) is 0.691. The summed E-state index contributed by atoms with van der Waals surface area (Å²) in [6.45, 7) is 3.20. The van der Waals surface area contributed by atoms with E-state index in [2.05, 4.69) is 29.2 Å². The molecule has 2 aromatic rings. The maximum atomic E-state index is 11.0. The van der Waals surface area contributed by atoms with Gasteiger partial charge in [-0.1, -0.05) is 6.07 Å². The molecule has 1 N–H and O–H groups in total. The number of nitro groups is 1. The summed E-state index contributed by atoms with van der Waals surface area (Å²) in [7, 11) is 2.11. The fourth-order valence-electron chi connectivity index (χ4n) is 2.74.